The third-order valence-electron chi connectivity index (χ3n) is 5.62. The molecule has 0 saturated carbocycles. The molecule has 1 atom stereocenters. The Labute approximate surface area is 171 Å². The number of benzene rings is 2. The Morgan fingerprint density at radius 3 is 2.66 bits per heavy atom. The highest BCUT2D eigenvalue weighted by molar-refractivity contribution is 5.92. The van der Waals surface area contributed by atoms with Gasteiger partial charge in [-0.2, -0.15) is 0 Å². The standard InChI is InChI=1S/C24H27N3O2/c1-26(16-18-9-4-3-5-10-18)17-20-15-22(25-29-20)24(28)27(2)23-14-8-12-19-11-6-7-13-21(19)23/h3-7,9-11,13,15,23H,8,12,14,16-17H2,1-2H3. The Balaban J connectivity index is 1.42. The Morgan fingerprint density at radius 1 is 1.07 bits per heavy atom. The van der Waals surface area contributed by atoms with Gasteiger partial charge in [0, 0.05) is 19.7 Å². The molecule has 0 N–H and O–H groups in total. The van der Waals surface area contributed by atoms with E-state index in [-0.39, 0.29) is 11.9 Å². The summed E-state index contributed by atoms with van der Waals surface area (Å²) in [4.78, 5) is 17.0. The van der Waals surface area contributed by atoms with Crippen LogP contribution in [0, 0.1) is 0 Å². The fourth-order valence-corrected chi connectivity index (χ4v) is 4.16. The van der Waals surface area contributed by atoms with Crippen LogP contribution in [0.5, 0.6) is 0 Å². The van der Waals surface area contributed by atoms with Gasteiger partial charge < -0.3 is 9.42 Å². The topological polar surface area (TPSA) is 49.6 Å². The highest BCUT2D eigenvalue weighted by Crippen LogP contribution is 2.34. The van der Waals surface area contributed by atoms with E-state index in [4.69, 9.17) is 4.52 Å². The first-order valence-corrected chi connectivity index (χ1v) is 10.1. The van der Waals surface area contributed by atoms with E-state index in [1.54, 1.807) is 6.07 Å². The van der Waals surface area contributed by atoms with E-state index in [1.165, 1.54) is 16.7 Å². The van der Waals surface area contributed by atoms with Crippen molar-refractivity contribution in [2.24, 2.45) is 0 Å². The van der Waals surface area contributed by atoms with E-state index in [9.17, 15) is 4.79 Å². The summed E-state index contributed by atoms with van der Waals surface area (Å²) in [6, 6.07) is 20.6. The molecule has 5 nitrogen and oxygen atoms in total. The van der Waals surface area contributed by atoms with Crippen LogP contribution in [0.15, 0.2) is 65.2 Å². The predicted molar refractivity (Wildman–Crippen MR) is 112 cm³/mol. The minimum atomic E-state index is -0.0904. The number of hydrogen-bond donors (Lipinski definition) is 0. The summed E-state index contributed by atoms with van der Waals surface area (Å²) in [6.45, 7) is 1.41. The van der Waals surface area contributed by atoms with Crippen molar-refractivity contribution in [2.45, 2.75) is 38.4 Å². The zero-order valence-corrected chi connectivity index (χ0v) is 17.0. The van der Waals surface area contributed by atoms with Crippen molar-refractivity contribution in [1.82, 2.24) is 15.0 Å². The predicted octanol–water partition coefficient (Wildman–Crippen LogP) is 4.46. The minimum absolute atomic E-state index is 0.0904. The average Bonchev–Trinajstić information content (AvgIpc) is 3.21. The van der Waals surface area contributed by atoms with E-state index >= 15 is 0 Å². The van der Waals surface area contributed by atoms with Crippen molar-refractivity contribution in [3.05, 3.63) is 88.8 Å². The number of aromatic nitrogens is 1. The van der Waals surface area contributed by atoms with E-state index in [1.807, 2.05) is 43.3 Å². The van der Waals surface area contributed by atoms with E-state index < -0.39 is 0 Å². The number of carbonyl (C=O) groups is 1. The molecule has 1 unspecified atom stereocenters. The summed E-state index contributed by atoms with van der Waals surface area (Å²) in [7, 11) is 3.90. The smallest absolute Gasteiger partial charge is 0.276 e. The van der Waals surface area contributed by atoms with E-state index in [2.05, 4.69) is 40.4 Å². The van der Waals surface area contributed by atoms with Crippen LogP contribution in [0.4, 0.5) is 0 Å². The zero-order valence-electron chi connectivity index (χ0n) is 17.0. The first-order chi connectivity index (χ1) is 14.1. The van der Waals surface area contributed by atoms with Gasteiger partial charge in [-0.15, -0.1) is 0 Å². The molecule has 2 aromatic carbocycles. The maximum Gasteiger partial charge on any atom is 0.276 e. The Kier molecular flexibility index (Phi) is 5.76. The second-order valence-electron chi connectivity index (χ2n) is 7.86. The lowest BCUT2D eigenvalue weighted by Gasteiger charge is -2.32. The number of carbonyl (C=O) groups excluding carboxylic acids is 1. The van der Waals surface area contributed by atoms with Gasteiger partial charge in [-0.1, -0.05) is 59.8 Å². The molecule has 0 spiro atoms. The normalized spacial score (nSPS) is 15.9. The summed E-state index contributed by atoms with van der Waals surface area (Å²) < 4.78 is 5.46. The van der Waals surface area contributed by atoms with Gasteiger partial charge in [-0.05, 0) is 43.0 Å². The molecule has 150 valence electrons. The van der Waals surface area contributed by atoms with E-state index in [0.717, 1.165) is 25.8 Å². The van der Waals surface area contributed by atoms with E-state index in [0.29, 0.717) is 18.0 Å². The monoisotopic (exact) mass is 389 g/mol. The number of aryl methyl sites for hydroxylation is 1. The van der Waals surface area contributed by atoms with Gasteiger partial charge in [0.05, 0.1) is 12.6 Å². The molecule has 0 radical (unpaired) electrons. The lowest BCUT2D eigenvalue weighted by atomic mass is 9.87. The van der Waals surface area contributed by atoms with Crippen LogP contribution >= 0.6 is 0 Å². The molecule has 4 rings (SSSR count). The van der Waals surface area contributed by atoms with Crippen LogP contribution in [-0.2, 0) is 19.5 Å². The van der Waals surface area contributed by atoms with Gasteiger partial charge in [0.2, 0.25) is 0 Å². The lowest BCUT2D eigenvalue weighted by Crippen LogP contribution is -2.33. The van der Waals surface area contributed by atoms with Crippen LogP contribution in [0.1, 0.15) is 51.8 Å². The summed E-state index contributed by atoms with van der Waals surface area (Å²) in [5, 5.41) is 4.06. The molecule has 1 aliphatic rings. The van der Waals surface area contributed by atoms with Crippen molar-refractivity contribution in [1.29, 1.82) is 0 Å². The molecule has 0 aliphatic heterocycles. The summed E-state index contributed by atoms with van der Waals surface area (Å²) in [5.74, 6) is 0.608. The molecular weight excluding hydrogens is 362 g/mol. The molecular formula is C24H27N3O2. The summed E-state index contributed by atoms with van der Waals surface area (Å²) in [6.07, 6.45) is 3.15. The second-order valence-corrected chi connectivity index (χ2v) is 7.86. The van der Waals surface area contributed by atoms with Gasteiger partial charge in [0.1, 0.15) is 0 Å². The number of fused-ring (bicyclic) bond motifs is 1. The van der Waals surface area contributed by atoms with Gasteiger partial charge in [0.25, 0.3) is 5.91 Å². The summed E-state index contributed by atoms with van der Waals surface area (Å²) in [5.41, 5.74) is 4.20. The quantitative estimate of drug-likeness (QED) is 0.625. The fraction of sp³-hybridized carbons (Fsp3) is 0.333. The van der Waals surface area contributed by atoms with Crippen molar-refractivity contribution in [3.8, 4) is 0 Å². The zero-order chi connectivity index (χ0) is 20.2. The van der Waals surface area contributed by atoms with Gasteiger partial charge in [-0.25, -0.2) is 0 Å². The third kappa shape index (κ3) is 4.40. The van der Waals surface area contributed by atoms with Gasteiger partial charge >= 0.3 is 0 Å². The molecule has 5 heteroatoms. The Morgan fingerprint density at radius 2 is 1.83 bits per heavy atom. The Hall–Kier alpha value is -2.92. The van der Waals surface area contributed by atoms with Crippen LogP contribution < -0.4 is 0 Å². The van der Waals surface area contributed by atoms with Gasteiger partial charge in [0.15, 0.2) is 11.5 Å². The van der Waals surface area contributed by atoms with Crippen molar-refractivity contribution >= 4 is 5.91 Å². The second kappa shape index (κ2) is 8.62. The van der Waals surface area contributed by atoms with Crippen molar-refractivity contribution in [3.63, 3.8) is 0 Å². The average molecular weight is 389 g/mol. The first kappa shape index (κ1) is 19.4. The Bertz CT molecular complexity index is 967. The highest BCUT2D eigenvalue weighted by Gasteiger charge is 2.28. The molecule has 1 amide bonds. The molecule has 1 heterocycles. The number of hydrogen-bond acceptors (Lipinski definition) is 4. The van der Waals surface area contributed by atoms with Crippen molar-refractivity contribution in [2.75, 3.05) is 14.1 Å². The van der Waals surface area contributed by atoms with Crippen LogP contribution in [0.2, 0.25) is 0 Å². The molecule has 0 fully saturated rings. The fourth-order valence-electron chi connectivity index (χ4n) is 4.16. The maximum absolute atomic E-state index is 13.0. The highest BCUT2D eigenvalue weighted by atomic mass is 16.5. The number of nitrogens with zero attached hydrogens (tertiary/aromatic N) is 3. The first-order valence-electron chi connectivity index (χ1n) is 10.1. The van der Waals surface area contributed by atoms with Crippen molar-refractivity contribution < 1.29 is 9.32 Å². The van der Waals surface area contributed by atoms with Crippen LogP contribution in [0.3, 0.4) is 0 Å². The summed E-state index contributed by atoms with van der Waals surface area (Å²) >= 11 is 0. The lowest BCUT2D eigenvalue weighted by molar-refractivity contribution is 0.0704. The maximum atomic E-state index is 13.0. The SMILES string of the molecule is CN(Cc1ccccc1)Cc1cc(C(=O)N(C)C2CCCc3ccccc32)no1. The molecule has 1 aliphatic carbocycles. The molecule has 29 heavy (non-hydrogen) atoms. The third-order valence-corrected chi connectivity index (χ3v) is 5.62. The molecule has 3 aromatic rings. The molecule has 1 aromatic heterocycles. The van der Waals surface area contributed by atoms with Crippen LogP contribution in [0.25, 0.3) is 0 Å². The van der Waals surface area contributed by atoms with Gasteiger partial charge in [-0.3, -0.25) is 9.69 Å². The number of amides is 1. The molecule has 0 saturated heterocycles. The largest absolute Gasteiger partial charge is 0.359 e. The van der Waals surface area contributed by atoms with Crippen LogP contribution in [-0.4, -0.2) is 35.0 Å². The minimum Gasteiger partial charge on any atom is -0.359 e. The number of rotatable bonds is 6. The molecule has 0 bridgehead atoms.